The van der Waals surface area contributed by atoms with E-state index in [9.17, 15) is 9.59 Å². The molecule has 1 aliphatic rings. The number of nitrogens with one attached hydrogen (secondary N) is 3. The SMILES string of the molecule is C.C1CCOC1.COCCNC(=O)CCl.COCCNC(=O)CSc1nc(-c2ccc(OC)cc2)ns1.COc1ccc(-c2nc(=S)s[nH]2)cc1. The molecule has 51 heavy (non-hydrogen) atoms. The van der Waals surface area contributed by atoms with Gasteiger partial charge in [0, 0.05) is 51.6 Å². The lowest BCUT2D eigenvalue weighted by Crippen LogP contribution is -2.28. The summed E-state index contributed by atoms with van der Waals surface area (Å²) in [5.74, 6) is 3.24. The van der Waals surface area contributed by atoms with Crippen molar-refractivity contribution in [3.05, 3.63) is 52.5 Å². The third-order valence-corrected chi connectivity index (χ3v) is 9.07. The van der Waals surface area contributed by atoms with E-state index in [1.807, 2.05) is 48.5 Å². The molecule has 3 heterocycles. The maximum atomic E-state index is 11.6. The van der Waals surface area contributed by atoms with Crippen molar-refractivity contribution < 1.29 is 33.3 Å². The highest BCUT2D eigenvalue weighted by atomic mass is 35.5. The van der Waals surface area contributed by atoms with Crippen LogP contribution in [0.2, 0.25) is 0 Å². The largest absolute Gasteiger partial charge is 0.497 e. The minimum Gasteiger partial charge on any atom is -0.497 e. The fourth-order valence-electron chi connectivity index (χ4n) is 3.55. The van der Waals surface area contributed by atoms with Crippen molar-refractivity contribution in [3.63, 3.8) is 0 Å². The minimum atomic E-state index is -0.159. The van der Waals surface area contributed by atoms with Crippen LogP contribution in [-0.4, -0.2) is 110 Å². The number of ether oxygens (including phenoxy) is 5. The number of amides is 2. The van der Waals surface area contributed by atoms with Gasteiger partial charge < -0.3 is 34.3 Å². The fourth-order valence-corrected chi connectivity index (χ4v) is 5.79. The summed E-state index contributed by atoms with van der Waals surface area (Å²) in [6.45, 7) is 4.09. The summed E-state index contributed by atoms with van der Waals surface area (Å²) < 4.78 is 33.4. The summed E-state index contributed by atoms with van der Waals surface area (Å²) >= 11 is 14.1. The number of benzene rings is 2. The van der Waals surface area contributed by atoms with Crippen LogP contribution in [0.1, 0.15) is 20.3 Å². The number of alkyl halides is 1. The van der Waals surface area contributed by atoms with Crippen molar-refractivity contribution in [2.24, 2.45) is 0 Å². The van der Waals surface area contributed by atoms with Crippen LogP contribution in [0.25, 0.3) is 22.8 Å². The van der Waals surface area contributed by atoms with Crippen LogP contribution in [-0.2, 0) is 23.8 Å². The van der Waals surface area contributed by atoms with Gasteiger partial charge in [0.15, 0.2) is 14.1 Å². The van der Waals surface area contributed by atoms with Crippen LogP contribution in [0.15, 0.2) is 52.9 Å². The molecule has 0 spiro atoms. The Hall–Kier alpha value is -3.16. The second kappa shape index (κ2) is 28.4. The Balaban J connectivity index is 0.000000382. The van der Waals surface area contributed by atoms with Crippen molar-refractivity contribution in [1.82, 2.24) is 29.3 Å². The number of H-pyrrole nitrogens is 1. The number of aromatic amines is 1. The van der Waals surface area contributed by atoms with Crippen LogP contribution in [0.4, 0.5) is 0 Å². The van der Waals surface area contributed by atoms with Crippen molar-refractivity contribution in [1.29, 1.82) is 0 Å². The van der Waals surface area contributed by atoms with E-state index in [0.717, 1.165) is 46.0 Å². The van der Waals surface area contributed by atoms with E-state index in [1.54, 1.807) is 28.4 Å². The average molecular weight is 803 g/mol. The molecule has 18 heteroatoms. The summed E-state index contributed by atoms with van der Waals surface area (Å²) in [6.07, 6.45) is 2.56. The molecule has 2 amide bonds. The van der Waals surface area contributed by atoms with Gasteiger partial charge in [0.1, 0.15) is 23.2 Å². The molecule has 0 aliphatic carbocycles. The van der Waals surface area contributed by atoms with E-state index < -0.39 is 0 Å². The van der Waals surface area contributed by atoms with Gasteiger partial charge in [-0.25, -0.2) is 9.97 Å². The minimum absolute atomic E-state index is 0. The predicted molar refractivity (Wildman–Crippen MR) is 209 cm³/mol. The third-order valence-electron chi connectivity index (χ3n) is 6.09. The van der Waals surface area contributed by atoms with E-state index in [0.29, 0.717) is 41.8 Å². The molecule has 0 unspecified atom stereocenters. The number of methoxy groups -OCH3 is 4. The van der Waals surface area contributed by atoms with Gasteiger partial charge in [0.2, 0.25) is 11.8 Å². The van der Waals surface area contributed by atoms with Gasteiger partial charge in [-0.2, -0.15) is 4.37 Å². The third kappa shape index (κ3) is 19.9. The lowest BCUT2D eigenvalue weighted by Gasteiger charge is -2.02. The summed E-state index contributed by atoms with van der Waals surface area (Å²) in [7, 11) is 6.45. The highest BCUT2D eigenvalue weighted by molar-refractivity contribution is 8.01. The molecule has 13 nitrogen and oxygen atoms in total. The number of rotatable bonds is 14. The predicted octanol–water partition coefficient (Wildman–Crippen LogP) is 6.37. The molecule has 3 N–H and O–H groups in total. The summed E-state index contributed by atoms with van der Waals surface area (Å²) in [5, 5.41) is 5.30. The fraction of sp³-hybridized carbons (Fsp3) is 0.455. The Morgan fingerprint density at radius 1 is 0.882 bits per heavy atom. The summed E-state index contributed by atoms with van der Waals surface area (Å²) in [4.78, 5) is 30.6. The highest BCUT2D eigenvalue weighted by Gasteiger charge is 2.10. The number of hydrogen-bond acceptors (Lipinski definition) is 14. The Bertz CT molecular complexity index is 1540. The monoisotopic (exact) mass is 802 g/mol. The lowest BCUT2D eigenvalue weighted by molar-refractivity contribution is -0.119. The molecule has 2 aromatic carbocycles. The Morgan fingerprint density at radius 3 is 1.88 bits per heavy atom. The Morgan fingerprint density at radius 2 is 1.43 bits per heavy atom. The number of nitrogens with zero attached hydrogens (tertiary/aromatic N) is 3. The highest BCUT2D eigenvalue weighted by Crippen LogP contribution is 2.26. The molecule has 0 bridgehead atoms. The first-order valence-electron chi connectivity index (χ1n) is 15.3. The molecule has 0 radical (unpaired) electrons. The molecule has 2 aromatic heterocycles. The molecule has 0 saturated carbocycles. The molecular formula is C33H47ClN6O7S4. The van der Waals surface area contributed by atoms with Crippen LogP contribution < -0.4 is 20.1 Å². The quantitative estimate of drug-likeness (QED) is 0.0561. The zero-order valence-electron chi connectivity index (χ0n) is 28.4. The first-order chi connectivity index (χ1) is 24.3. The molecule has 4 aromatic rings. The van der Waals surface area contributed by atoms with Crippen molar-refractivity contribution in [2.75, 3.05) is 79.6 Å². The molecule has 1 fully saturated rings. The van der Waals surface area contributed by atoms with Crippen LogP contribution in [0.5, 0.6) is 11.5 Å². The summed E-state index contributed by atoms with van der Waals surface area (Å²) in [5.41, 5.74) is 1.94. The van der Waals surface area contributed by atoms with E-state index in [1.165, 1.54) is 47.7 Å². The smallest absolute Gasteiger partial charge is 0.235 e. The van der Waals surface area contributed by atoms with Crippen LogP contribution in [0, 0.1) is 3.95 Å². The van der Waals surface area contributed by atoms with Crippen molar-refractivity contribution in [2.45, 2.75) is 24.6 Å². The number of halogens is 1. The van der Waals surface area contributed by atoms with Gasteiger partial charge in [-0.05, 0) is 96.7 Å². The van der Waals surface area contributed by atoms with Crippen molar-refractivity contribution >= 4 is 70.5 Å². The van der Waals surface area contributed by atoms with Crippen LogP contribution >= 0.6 is 58.6 Å². The number of carbonyl (C=O) groups excluding carboxylic acids is 2. The van der Waals surface area contributed by atoms with Gasteiger partial charge in [0.05, 0.1) is 33.2 Å². The van der Waals surface area contributed by atoms with Crippen LogP contribution in [0.3, 0.4) is 0 Å². The van der Waals surface area contributed by atoms with Gasteiger partial charge in [-0.1, -0.05) is 19.2 Å². The lowest BCUT2D eigenvalue weighted by atomic mass is 10.2. The maximum absolute atomic E-state index is 11.6. The number of hydrogen-bond donors (Lipinski definition) is 3. The van der Waals surface area contributed by atoms with Gasteiger partial charge in [-0.15, -0.1) is 11.6 Å². The number of thioether (sulfide) groups is 1. The molecule has 1 aliphatic heterocycles. The van der Waals surface area contributed by atoms with Gasteiger partial charge in [-0.3, -0.25) is 14.0 Å². The standard InChI is InChI=1S/C14H17N3O3S2.C9H8N2OS2.C5H10ClNO2.C4H8O.CH4/c1-19-8-7-15-12(18)9-21-14-16-13(17-22-14)10-3-5-11(20-2)6-4-10;1-12-7-4-2-6(3-5-7)8-10-9(13)14-11-8;1-9-3-2-7-5(8)4-6;1-2-4-5-3-1;/h3-6H,7-9H2,1-2H3,(H,15,18);2-5H,1H3,(H,10,11,13);2-4H2,1H3,(H,7,8);1-4H2;1H4. The topological polar surface area (TPSA) is 159 Å². The molecule has 5 rings (SSSR count). The van der Waals surface area contributed by atoms with E-state index >= 15 is 0 Å². The molecular weight excluding hydrogens is 756 g/mol. The second-order valence-corrected chi connectivity index (χ2v) is 13.4. The first kappa shape index (κ1) is 45.9. The molecule has 1 saturated heterocycles. The van der Waals surface area contributed by atoms with E-state index in [2.05, 4.69) is 34.1 Å². The normalized spacial score (nSPS) is 11.2. The Labute approximate surface area is 322 Å². The Kier molecular flexibility index (Phi) is 25.6. The molecule has 0 atom stereocenters. The molecule has 282 valence electrons. The van der Waals surface area contributed by atoms with Gasteiger partial charge >= 0.3 is 0 Å². The zero-order chi connectivity index (χ0) is 36.4. The maximum Gasteiger partial charge on any atom is 0.235 e. The van der Waals surface area contributed by atoms with Gasteiger partial charge in [0.25, 0.3) is 0 Å². The average Bonchev–Trinajstić information content (AvgIpc) is 3.97. The second-order valence-electron chi connectivity index (χ2n) is 9.70. The first-order valence-corrected chi connectivity index (χ1v) is 18.8. The van der Waals surface area contributed by atoms with Crippen molar-refractivity contribution in [3.8, 4) is 34.3 Å². The number of aromatic nitrogens is 4. The van der Waals surface area contributed by atoms with E-state index in [4.69, 9.17) is 42.8 Å². The number of carbonyl (C=O) groups is 2. The zero-order valence-corrected chi connectivity index (χ0v) is 32.4. The summed E-state index contributed by atoms with van der Waals surface area (Å²) in [6, 6.07) is 15.2. The van der Waals surface area contributed by atoms with E-state index in [-0.39, 0.29) is 25.1 Å².